The van der Waals surface area contributed by atoms with Gasteiger partial charge in [0.1, 0.15) is 0 Å². The molecular formula is C5H12P-. The first-order valence-electron chi connectivity index (χ1n) is 2.48. The summed E-state index contributed by atoms with van der Waals surface area (Å²) in [5.41, 5.74) is 0.704. The van der Waals surface area contributed by atoms with Crippen molar-refractivity contribution in [3.05, 3.63) is 0 Å². The standard InChI is InChI=1S/C5H12P/c1-3-4-5(2)6/h5-6H,3-4H2,1-2H3/q-1. The number of rotatable bonds is 2. The van der Waals surface area contributed by atoms with E-state index in [4.69, 9.17) is 0 Å². The van der Waals surface area contributed by atoms with E-state index >= 15 is 0 Å². The van der Waals surface area contributed by atoms with Crippen LogP contribution in [0.4, 0.5) is 0 Å². The lowest BCUT2D eigenvalue weighted by Gasteiger charge is -2.08. The SMILES string of the molecule is CCCC(C)[PH-]. The summed E-state index contributed by atoms with van der Waals surface area (Å²) < 4.78 is 0. The van der Waals surface area contributed by atoms with Crippen LogP contribution in [0.15, 0.2) is 0 Å². The molecule has 0 heterocycles. The highest BCUT2D eigenvalue weighted by Gasteiger charge is 1.76. The van der Waals surface area contributed by atoms with Crippen molar-refractivity contribution < 1.29 is 0 Å². The summed E-state index contributed by atoms with van der Waals surface area (Å²) in [6.45, 7) is 4.36. The summed E-state index contributed by atoms with van der Waals surface area (Å²) in [6.07, 6.45) is 2.57. The van der Waals surface area contributed by atoms with E-state index in [1.165, 1.54) is 12.8 Å². The van der Waals surface area contributed by atoms with Gasteiger partial charge in [-0.1, -0.05) is 26.7 Å². The Hall–Kier alpha value is 0.430. The van der Waals surface area contributed by atoms with E-state index in [9.17, 15) is 0 Å². The van der Waals surface area contributed by atoms with Crippen molar-refractivity contribution >= 4 is 9.24 Å². The van der Waals surface area contributed by atoms with E-state index in [0.717, 1.165) is 0 Å². The van der Waals surface area contributed by atoms with Crippen LogP contribution in [0, 0.1) is 0 Å². The van der Waals surface area contributed by atoms with E-state index in [1.807, 2.05) is 0 Å². The lowest BCUT2D eigenvalue weighted by molar-refractivity contribution is 0.788. The van der Waals surface area contributed by atoms with Crippen molar-refractivity contribution in [2.45, 2.75) is 32.3 Å². The lowest BCUT2D eigenvalue weighted by Crippen LogP contribution is -1.84. The summed E-state index contributed by atoms with van der Waals surface area (Å²) in [5.74, 6) is 0. The molecule has 0 radical (unpaired) electrons. The molecule has 0 spiro atoms. The third-order valence-electron chi connectivity index (χ3n) is 0.722. The second-order valence-corrected chi connectivity index (χ2v) is 2.68. The van der Waals surface area contributed by atoms with Gasteiger partial charge < -0.3 is 9.24 Å². The first kappa shape index (κ1) is 6.43. The first-order valence-corrected chi connectivity index (χ1v) is 3.06. The van der Waals surface area contributed by atoms with E-state index < -0.39 is 0 Å². The van der Waals surface area contributed by atoms with Crippen LogP contribution >= 0.6 is 9.24 Å². The molecule has 0 nitrogen and oxygen atoms in total. The molecular weight excluding hydrogens is 91.0 g/mol. The fraction of sp³-hybridized carbons (Fsp3) is 1.00. The molecule has 0 aliphatic carbocycles. The molecule has 6 heavy (non-hydrogen) atoms. The molecule has 0 aliphatic heterocycles. The maximum absolute atomic E-state index is 3.48. The smallest absolute Gasteiger partial charge is 0.0582 e. The Morgan fingerprint density at radius 3 is 2.17 bits per heavy atom. The topological polar surface area (TPSA) is 0 Å². The Balaban J connectivity index is 2.63. The van der Waals surface area contributed by atoms with Gasteiger partial charge >= 0.3 is 0 Å². The highest BCUT2D eigenvalue weighted by Crippen LogP contribution is 2.04. The Bertz CT molecular complexity index is 25.1. The van der Waals surface area contributed by atoms with Crippen molar-refractivity contribution in [2.24, 2.45) is 0 Å². The van der Waals surface area contributed by atoms with Gasteiger partial charge in [0.15, 0.2) is 0 Å². The average Bonchev–Trinajstić information content (AvgIpc) is 1.35. The fourth-order valence-corrected chi connectivity index (χ4v) is 0.722. The molecule has 0 aromatic carbocycles. The first-order chi connectivity index (χ1) is 2.77. The van der Waals surface area contributed by atoms with Crippen molar-refractivity contribution in [3.8, 4) is 0 Å². The maximum Gasteiger partial charge on any atom is -0.0582 e. The zero-order valence-electron chi connectivity index (χ0n) is 4.49. The molecule has 0 fully saturated rings. The molecule has 0 amide bonds. The molecule has 1 unspecified atom stereocenters. The molecule has 0 aromatic rings. The Morgan fingerprint density at radius 2 is 2.17 bits per heavy atom. The van der Waals surface area contributed by atoms with Crippen LogP contribution in [0.5, 0.6) is 0 Å². The van der Waals surface area contributed by atoms with E-state index in [0.29, 0.717) is 5.66 Å². The summed E-state index contributed by atoms with van der Waals surface area (Å²) in [6, 6.07) is 0. The van der Waals surface area contributed by atoms with E-state index in [2.05, 4.69) is 23.1 Å². The van der Waals surface area contributed by atoms with Crippen molar-refractivity contribution in [2.75, 3.05) is 0 Å². The zero-order valence-corrected chi connectivity index (χ0v) is 5.49. The second-order valence-electron chi connectivity index (χ2n) is 1.69. The average molecular weight is 103 g/mol. The molecule has 1 atom stereocenters. The maximum atomic E-state index is 3.48. The minimum absolute atomic E-state index is 0.704. The fourth-order valence-electron chi connectivity index (χ4n) is 0.433. The van der Waals surface area contributed by atoms with Crippen molar-refractivity contribution in [3.63, 3.8) is 0 Å². The quantitative estimate of drug-likeness (QED) is 0.470. The van der Waals surface area contributed by atoms with Gasteiger partial charge in [-0.15, -0.1) is 0 Å². The third-order valence-corrected chi connectivity index (χ3v) is 1.01. The van der Waals surface area contributed by atoms with Crippen LogP contribution in [0.2, 0.25) is 0 Å². The number of hydrogen-bond donors (Lipinski definition) is 0. The van der Waals surface area contributed by atoms with Crippen molar-refractivity contribution in [1.29, 1.82) is 0 Å². The second kappa shape index (κ2) is 3.61. The zero-order chi connectivity index (χ0) is 4.99. The summed E-state index contributed by atoms with van der Waals surface area (Å²) in [5, 5.41) is 0. The normalized spacial score (nSPS) is 14.5. The van der Waals surface area contributed by atoms with Gasteiger partial charge in [-0.3, -0.25) is 0 Å². The Labute approximate surface area is 42.5 Å². The largest absolute Gasteiger partial charge is 0.555 e. The van der Waals surface area contributed by atoms with E-state index in [-0.39, 0.29) is 0 Å². The van der Waals surface area contributed by atoms with Crippen LogP contribution in [0.3, 0.4) is 0 Å². The van der Waals surface area contributed by atoms with Crippen LogP contribution in [-0.2, 0) is 0 Å². The molecule has 0 rings (SSSR count). The van der Waals surface area contributed by atoms with Crippen LogP contribution in [-0.4, -0.2) is 5.66 Å². The molecule has 0 aromatic heterocycles. The summed E-state index contributed by atoms with van der Waals surface area (Å²) in [7, 11) is 3.48. The van der Waals surface area contributed by atoms with Gasteiger partial charge in [0.05, 0.1) is 0 Å². The lowest BCUT2D eigenvalue weighted by atomic mass is 10.3. The van der Waals surface area contributed by atoms with Gasteiger partial charge in [0.25, 0.3) is 0 Å². The number of hydrogen-bond acceptors (Lipinski definition) is 0. The van der Waals surface area contributed by atoms with Crippen LogP contribution < -0.4 is 0 Å². The predicted molar refractivity (Wildman–Crippen MR) is 32.7 cm³/mol. The molecule has 38 valence electrons. The van der Waals surface area contributed by atoms with Crippen LogP contribution in [0.25, 0.3) is 0 Å². The third kappa shape index (κ3) is 4.43. The van der Waals surface area contributed by atoms with Gasteiger partial charge in [-0.25, -0.2) is 0 Å². The van der Waals surface area contributed by atoms with Gasteiger partial charge in [-0.05, 0) is 0 Å². The monoisotopic (exact) mass is 103 g/mol. The predicted octanol–water partition coefficient (Wildman–Crippen LogP) is 2.32. The highest BCUT2D eigenvalue weighted by molar-refractivity contribution is 7.17. The van der Waals surface area contributed by atoms with Crippen LogP contribution in [0.1, 0.15) is 26.7 Å². The Morgan fingerprint density at radius 1 is 1.67 bits per heavy atom. The Kier molecular flexibility index (Phi) is 3.87. The summed E-state index contributed by atoms with van der Waals surface area (Å²) in [4.78, 5) is 0. The molecule has 0 N–H and O–H groups in total. The van der Waals surface area contributed by atoms with Gasteiger partial charge in [-0.2, -0.15) is 5.66 Å². The molecule has 1 heteroatoms. The van der Waals surface area contributed by atoms with Gasteiger partial charge in [0, 0.05) is 0 Å². The summed E-state index contributed by atoms with van der Waals surface area (Å²) >= 11 is 0. The minimum atomic E-state index is 0.704. The van der Waals surface area contributed by atoms with Crippen molar-refractivity contribution in [1.82, 2.24) is 0 Å². The molecule has 0 bridgehead atoms. The highest BCUT2D eigenvalue weighted by atomic mass is 31.0. The van der Waals surface area contributed by atoms with Gasteiger partial charge in [0.2, 0.25) is 0 Å². The van der Waals surface area contributed by atoms with E-state index in [1.54, 1.807) is 0 Å². The molecule has 0 aliphatic rings. The molecule has 0 saturated heterocycles. The molecule has 0 saturated carbocycles. The minimum Gasteiger partial charge on any atom is -0.555 e.